The molecular formula is C10H13NO2S. The van der Waals surface area contributed by atoms with Crippen LogP contribution in [0.15, 0.2) is 24.3 Å². The lowest BCUT2D eigenvalue weighted by atomic mass is 10.2. The van der Waals surface area contributed by atoms with Gasteiger partial charge < -0.3 is 9.04 Å². The summed E-state index contributed by atoms with van der Waals surface area (Å²) in [6, 6.07) is 7.30. The Bertz CT molecular complexity index is 310. The second-order valence-electron chi connectivity index (χ2n) is 2.72. The van der Waals surface area contributed by atoms with E-state index in [1.54, 1.807) is 24.1 Å². The summed E-state index contributed by atoms with van der Waals surface area (Å²) in [6.45, 7) is 0. The SMILES string of the molecule is COC(=O)c1ccc(N(C)SC)cc1. The van der Waals surface area contributed by atoms with E-state index in [1.165, 1.54) is 7.11 Å². The van der Waals surface area contributed by atoms with Gasteiger partial charge in [0.05, 0.1) is 12.7 Å². The molecule has 76 valence electrons. The summed E-state index contributed by atoms with van der Waals surface area (Å²) >= 11 is 1.62. The third-order valence-electron chi connectivity index (χ3n) is 1.93. The molecule has 0 aliphatic rings. The number of anilines is 1. The number of hydrogen-bond donors (Lipinski definition) is 0. The number of carbonyl (C=O) groups excluding carboxylic acids is 1. The Hall–Kier alpha value is -1.16. The predicted molar refractivity (Wildman–Crippen MR) is 59.7 cm³/mol. The standard InChI is InChI=1S/C10H13NO2S/c1-11(14-3)9-6-4-8(5-7-9)10(12)13-2/h4-7H,1-3H3. The molecule has 0 unspecified atom stereocenters. The molecule has 0 heterocycles. The molecule has 0 atom stereocenters. The molecule has 0 amide bonds. The molecule has 0 aromatic heterocycles. The van der Waals surface area contributed by atoms with Gasteiger partial charge in [0.25, 0.3) is 0 Å². The van der Waals surface area contributed by atoms with Crippen molar-refractivity contribution in [2.24, 2.45) is 0 Å². The van der Waals surface area contributed by atoms with Crippen LogP contribution in [0.25, 0.3) is 0 Å². The number of esters is 1. The van der Waals surface area contributed by atoms with Crippen LogP contribution in [-0.2, 0) is 4.74 Å². The van der Waals surface area contributed by atoms with Gasteiger partial charge in [-0.25, -0.2) is 4.79 Å². The first kappa shape index (κ1) is 10.9. The monoisotopic (exact) mass is 211 g/mol. The fourth-order valence-corrected chi connectivity index (χ4v) is 1.36. The Labute approximate surface area is 88.2 Å². The summed E-state index contributed by atoms with van der Waals surface area (Å²) < 4.78 is 6.62. The van der Waals surface area contributed by atoms with Crippen LogP contribution in [0.3, 0.4) is 0 Å². The average molecular weight is 211 g/mol. The largest absolute Gasteiger partial charge is 0.465 e. The number of carbonyl (C=O) groups is 1. The third kappa shape index (κ3) is 2.42. The van der Waals surface area contributed by atoms with Crippen LogP contribution in [0, 0.1) is 0 Å². The smallest absolute Gasteiger partial charge is 0.337 e. The van der Waals surface area contributed by atoms with E-state index in [-0.39, 0.29) is 5.97 Å². The van der Waals surface area contributed by atoms with Gasteiger partial charge in [0.2, 0.25) is 0 Å². The number of rotatable bonds is 3. The average Bonchev–Trinajstić information content (AvgIpc) is 2.27. The summed E-state index contributed by atoms with van der Waals surface area (Å²) in [5.74, 6) is -0.302. The van der Waals surface area contributed by atoms with Crippen LogP contribution < -0.4 is 4.31 Å². The highest BCUT2D eigenvalue weighted by Crippen LogP contribution is 2.18. The first-order chi connectivity index (χ1) is 6.69. The van der Waals surface area contributed by atoms with Crippen molar-refractivity contribution < 1.29 is 9.53 Å². The maximum absolute atomic E-state index is 11.1. The first-order valence-corrected chi connectivity index (χ1v) is 5.33. The molecule has 0 fully saturated rings. The van der Waals surface area contributed by atoms with Gasteiger partial charge in [-0.2, -0.15) is 0 Å². The number of methoxy groups -OCH3 is 1. The van der Waals surface area contributed by atoms with E-state index in [1.807, 2.05) is 29.7 Å². The molecular weight excluding hydrogens is 198 g/mol. The number of hydrogen-bond acceptors (Lipinski definition) is 4. The molecule has 1 aromatic rings. The van der Waals surface area contributed by atoms with Crippen molar-refractivity contribution in [2.45, 2.75) is 0 Å². The number of nitrogens with zero attached hydrogens (tertiary/aromatic N) is 1. The predicted octanol–water partition coefficient (Wildman–Crippen LogP) is 2.19. The third-order valence-corrected chi connectivity index (χ3v) is 2.68. The van der Waals surface area contributed by atoms with E-state index in [2.05, 4.69) is 4.74 Å². The van der Waals surface area contributed by atoms with Crippen LogP contribution in [-0.4, -0.2) is 26.4 Å². The van der Waals surface area contributed by atoms with Gasteiger partial charge in [-0.05, 0) is 24.3 Å². The highest BCUT2D eigenvalue weighted by molar-refractivity contribution is 7.99. The zero-order chi connectivity index (χ0) is 10.6. The molecule has 14 heavy (non-hydrogen) atoms. The van der Waals surface area contributed by atoms with E-state index in [4.69, 9.17) is 0 Å². The molecule has 0 aliphatic carbocycles. The van der Waals surface area contributed by atoms with Gasteiger partial charge in [-0.3, -0.25) is 0 Å². The van der Waals surface area contributed by atoms with Gasteiger partial charge in [0.15, 0.2) is 0 Å². The van der Waals surface area contributed by atoms with Crippen molar-refractivity contribution in [1.29, 1.82) is 0 Å². The minimum atomic E-state index is -0.302. The number of ether oxygens (including phenoxy) is 1. The molecule has 1 aromatic carbocycles. The summed E-state index contributed by atoms with van der Waals surface area (Å²) in [5.41, 5.74) is 1.64. The van der Waals surface area contributed by atoms with Crippen LogP contribution in [0.4, 0.5) is 5.69 Å². The Morgan fingerprint density at radius 2 is 1.93 bits per heavy atom. The molecule has 0 spiro atoms. The Morgan fingerprint density at radius 3 is 2.36 bits per heavy atom. The van der Waals surface area contributed by atoms with Crippen LogP contribution in [0.5, 0.6) is 0 Å². The van der Waals surface area contributed by atoms with Crippen molar-refractivity contribution in [3.05, 3.63) is 29.8 Å². The van der Waals surface area contributed by atoms with Crippen molar-refractivity contribution in [3.8, 4) is 0 Å². The summed E-state index contributed by atoms with van der Waals surface area (Å²) in [6.07, 6.45) is 1.99. The lowest BCUT2D eigenvalue weighted by Crippen LogP contribution is -2.06. The Morgan fingerprint density at radius 1 is 1.36 bits per heavy atom. The van der Waals surface area contributed by atoms with Crippen molar-refractivity contribution >= 4 is 23.6 Å². The number of benzene rings is 1. The molecule has 0 aliphatic heterocycles. The lowest BCUT2D eigenvalue weighted by Gasteiger charge is -2.14. The summed E-state index contributed by atoms with van der Waals surface area (Å²) in [7, 11) is 3.35. The highest BCUT2D eigenvalue weighted by atomic mass is 32.2. The van der Waals surface area contributed by atoms with E-state index in [0.717, 1.165) is 5.69 Å². The Kier molecular flexibility index (Phi) is 3.83. The first-order valence-electron chi connectivity index (χ1n) is 4.15. The van der Waals surface area contributed by atoms with Crippen LogP contribution in [0.2, 0.25) is 0 Å². The fourth-order valence-electron chi connectivity index (χ4n) is 1.03. The topological polar surface area (TPSA) is 29.5 Å². The van der Waals surface area contributed by atoms with Crippen molar-refractivity contribution in [2.75, 3.05) is 24.7 Å². The van der Waals surface area contributed by atoms with Gasteiger partial charge in [-0.15, -0.1) is 0 Å². The molecule has 3 nitrogen and oxygen atoms in total. The highest BCUT2D eigenvalue weighted by Gasteiger charge is 2.05. The Balaban J connectivity index is 2.83. The molecule has 4 heteroatoms. The minimum Gasteiger partial charge on any atom is -0.465 e. The van der Waals surface area contributed by atoms with Gasteiger partial charge >= 0.3 is 5.97 Å². The van der Waals surface area contributed by atoms with E-state index < -0.39 is 0 Å². The maximum atomic E-state index is 11.1. The van der Waals surface area contributed by atoms with Gasteiger partial charge in [0, 0.05) is 19.0 Å². The zero-order valence-electron chi connectivity index (χ0n) is 8.48. The van der Waals surface area contributed by atoms with Crippen LogP contribution >= 0.6 is 11.9 Å². The second-order valence-corrected chi connectivity index (χ2v) is 3.63. The van der Waals surface area contributed by atoms with Crippen molar-refractivity contribution in [1.82, 2.24) is 0 Å². The molecule has 1 rings (SSSR count). The van der Waals surface area contributed by atoms with Gasteiger partial charge in [0.1, 0.15) is 0 Å². The van der Waals surface area contributed by atoms with E-state index >= 15 is 0 Å². The minimum absolute atomic E-state index is 0.302. The lowest BCUT2D eigenvalue weighted by molar-refractivity contribution is 0.0601. The van der Waals surface area contributed by atoms with E-state index in [0.29, 0.717) is 5.56 Å². The molecule has 0 bridgehead atoms. The fraction of sp³-hybridized carbons (Fsp3) is 0.300. The quantitative estimate of drug-likeness (QED) is 0.566. The normalized spacial score (nSPS) is 9.64. The molecule has 0 saturated heterocycles. The van der Waals surface area contributed by atoms with Crippen molar-refractivity contribution in [3.63, 3.8) is 0 Å². The summed E-state index contributed by atoms with van der Waals surface area (Å²) in [4.78, 5) is 11.1. The van der Waals surface area contributed by atoms with E-state index in [9.17, 15) is 4.79 Å². The molecule has 0 saturated carbocycles. The summed E-state index contributed by atoms with van der Waals surface area (Å²) in [5, 5.41) is 0. The maximum Gasteiger partial charge on any atom is 0.337 e. The molecule has 0 N–H and O–H groups in total. The van der Waals surface area contributed by atoms with Gasteiger partial charge in [-0.1, -0.05) is 11.9 Å². The zero-order valence-corrected chi connectivity index (χ0v) is 9.30. The van der Waals surface area contributed by atoms with Crippen LogP contribution in [0.1, 0.15) is 10.4 Å². The second kappa shape index (κ2) is 4.91. The molecule has 0 radical (unpaired) electrons.